The second kappa shape index (κ2) is 56.6. The monoisotopic (exact) mass is 1740 g/mol. The lowest BCUT2D eigenvalue weighted by molar-refractivity contribution is -0.148. The zero-order valence-corrected chi connectivity index (χ0v) is 73.0. The molecule has 12 atom stereocenters. The van der Waals surface area contributed by atoms with Gasteiger partial charge in [-0.25, -0.2) is 0 Å². The van der Waals surface area contributed by atoms with Crippen LogP contribution in [-0.2, 0) is 97.8 Å². The molecule has 16 N–H and O–H groups in total. The predicted octanol–water partition coefficient (Wildman–Crippen LogP) is 5.10. The average molecular weight is 1740 g/mol. The van der Waals surface area contributed by atoms with E-state index in [2.05, 4.69) is 49.5 Å². The van der Waals surface area contributed by atoms with Crippen LogP contribution in [0.3, 0.4) is 0 Å². The molecular formula is C85H134N12O22S2. The van der Waals surface area contributed by atoms with E-state index in [9.17, 15) is 102 Å². The summed E-state index contributed by atoms with van der Waals surface area (Å²) in [7, 11) is 0. The summed E-state index contributed by atoms with van der Waals surface area (Å²) in [6.07, 6.45) is 10.4. The highest BCUT2D eigenvalue weighted by molar-refractivity contribution is 7.98. The Balaban J connectivity index is 1.73. The number of aliphatic carboxylic acids is 3. The van der Waals surface area contributed by atoms with Crippen LogP contribution in [0, 0.1) is 29.6 Å². The predicted molar refractivity (Wildman–Crippen MR) is 454 cm³/mol. The normalized spacial score (nSPS) is 21.3. The summed E-state index contributed by atoms with van der Waals surface area (Å²) in [6, 6.07) is -4.90. The third-order valence-electron chi connectivity index (χ3n) is 21.8. The fourth-order valence-electron chi connectivity index (χ4n) is 15.1. The number of Topliss-reactive ketones (excluding diaryl/α,β-unsaturated/α-hetero) is 3. The smallest absolute Gasteiger partial charge is 0.304 e. The minimum Gasteiger partial charge on any atom is -0.481 e. The van der Waals surface area contributed by atoms with Crippen molar-refractivity contribution in [2.75, 3.05) is 37.7 Å². The van der Waals surface area contributed by atoms with Gasteiger partial charge in [0, 0.05) is 99.9 Å². The van der Waals surface area contributed by atoms with E-state index >= 15 is 4.79 Å². The van der Waals surface area contributed by atoms with Gasteiger partial charge in [0.1, 0.15) is 30.2 Å². The number of aliphatic hydroxyl groups is 1. The number of benzene rings is 1. The van der Waals surface area contributed by atoms with E-state index < -0.39 is 237 Å². The molecule has 0 spiro atoms. The molecule has 3 aliphatic heterocycles. The minimum absolute atomic E-state index is 0.0203. The number of primary amides is 2. The molecule has 2 fully saturated rings. The van der Waals surface area contributed by atoms with E-state index in [4.69, 9.17) is 11.5 Å². The molecule has 3 heterocycles. The topological polar surface area (TPSA) is 543 Å². The van der Waals surface area contributed by atoms with Crippen LogP contribution in [0.2, 0.25) is 0 Å². The van der Waals surface area contributed by atoms with Crippen molar-refractivity contribution in [2.45, 2.75) is 319 Å². The molecule has 4 rings (SSSR count). The van der Waals surface area contributed by atoms with Crippen molar-refractivity contribution in [3.05, 3.63) is 35.4 Å². The van der Waals surface area contributed by atoms with E-state index in [1.165, 1.54) is 69.1 Å². The van der Waals surface area contributed by atoms with Gasteiger partial charge in [-0.1, -0.05) is 149 Å². The first-order valence-corrected chi connectivity index (χ1v) is 45.5. The zero-order chi connectivity index (χ0) is 89.7. The van der Waals surface area contributed by atoms with Gasteiger partial charge in [0.25, 0.3) is 0 Å². The lowest BCUT2D eigenvalue weighted by Crippen LogP contribution is -2.59. The summed E-state index contributed by atoms with van der Waals surface area (Å²) >= 11 is 2.26. The van der Waals surface area contributed by atoms with Gasteiger partial charge in [0.05, 0.1) is 49.0 Å². The fourth-order valence-corrected chi connectivity index (χ4v) is 17.4. The Labute approximate surface area is 718 Å². The van der Waals surface area contributed by atoms with Gasteiger partial charge in [0.2, 0.25) is 70.9 Å². The Bertz CT molecular complexity index is 3640. The first-order chi connectivity index (χ1) is 57.5. The summed E-state index contributed by atoms with van der Waals surface area (Å²) < 4.78 is 0. The number of fused-ring (bicyclic) bond motifs is 2. The summed E-state index contributed by atoms with van der Waals surface area (Å²) in [6.45, 7) is 9.49. The van der Waals surface area contributed by atoms with Crippen LogP contribution in [0.1, 0.15) is 265 Å². The van der Waals surface area contributed by atoms with E-state index in [0.29, 0.717) is 24.0 Å². The van der Waals surface area contributed by atoms with Crippen molar-refractivity contribution in [2.24, 2.45) is 41.1 Å². The number of likely N-dealkylation sites (tertiary alicyclic amines) is 1. The van der Waals surface area contributed by atoms with Gasteiger partial charge in [0.15, 0.2) is 17.3 Å². The van der Waals surface area contributed by atoms with Crippen molar-refractivity contribution in [3.63, 3.8) is 0 Å². The Morgan fingerprint density at radius 1 is 0.595 bits per heavy atom. The van der Waals surface area contributed by atoms with E-state index in [0.717, 1.165) is 61.0 Å². The van der Waals surface area contributed by atoms with Crippen LogP contribution in [0.4, 0.5) is 0 Å². The lowest BCUT2D eigenvalue weighted by Gasteiger charge is -2.30. The van der Waals surface area contributed by atoms with Gasteiger partial charge < -0.3 is 84.2 Å². The Hall–Kier alpha value is -9.06. The third kappa shape index (κ3) is 40.2. The van der Waals surface area contributed by atoms with Gasteiger partial charge >= 0.3 is 17.9 Å². The third-order valence-corrected chi connectivity index (χ3v) is 24.0. The number of carbonyl (C=O) groups excluding carboxylic acids is 15. The number of unbranched alkanes of at least 4 members (excludes halogenated alkanes) is 14. The van der Waals surface area contributed by atoms with Crippen LogP contribution >= 0.6 is 23.5 Å². The summed E-state index contributed by atoms with van der Waals surface area (Å²) in [5, 5.41) is 61.2. The van der Waals surface area contributed by atoms with Gasteiger partial charge in [-0.2, -0.15) is 23.5 Å². The fraction of sp³-hybridized carbons (Fsp3) is 0.718. The molecule has 34 nitrogen and oxygen atoms in total. The number of nitrogens with one attached hydrogen (secondary N) is 8. The highest BCUT2D eigenvalue weighted by Gasteiger charge is 2.43. The number of nitrogens with zero attached hydrogens (tertiary/aromatic N) is 2. The summed E-state index contributed by atoms with van der Waals surface area (Å²) in [5.41, 5.74) is 12.6. The molecule has 2 saturated heterocycles. The molecule has 0 radical (unpaired) electrons. The number of hydrogen-bond acceptors (Lipinski definition) is 21. The SMILES string of the molecule is CCCCCCCCCCCCCCCCCC(=O)NCCC(=O)N[C@@H](CC(C)C)C(=O)C[C@@H](CCC(N)=O)C(=O)N[C@H]1CSCc2ccccc2CSC[C@@H](C(=O)N[C@@H](CC(C)C)C(=O)N2CCC[C@H]2C(N)=O)CC(=O)[C@H](CCC(=O)O)NC(=O)CNC(=O)[C@H]([C@@H](C)O)NC(=O)[C@H](CCC(=O)O)NC(=O)[C@@H]2CCCN2C(=O)[C@H](CC(=O)O)CC1=O. The maximum absolute atomic E-state index is 15.2. The van der Waals surface area contributed by atoms with Gasteiger partial charge in [-0.05, 0) is 94.1 Å². The number of thioether (sulfide) groups is 2. The van der Waals surface area contributed by atoms with Crippen LogP contribution in [-0.4, -0.2) is 228 Å². The van der Waals surface area contributed by atoms with E-state index in [1.54, 1.807) is 38.1 Å². The van der Waals surface area contributed by atoms with Crippen molar-refractivity contribution in [1.29, 1.82) is 0 Å². The number of ketones is 3. The molecule has 1 aromatic rings. The Morgan fingerprint density at radius 2 is 1.17 bits per heavy atom. The van der Waals surface area contributed by atoms with Crippen molar-refractivity contribution >= 4 is 130 Å². The number of carboxylic acids is 3. The zero-order valence-electron chi connectivity index (χ0n) is 71.4. The van der Waals surface area contributed by atoms with Crippen molar-refractivity contribution in [3.8, 4) is 0 Å². The molecule has 678 valence electrons. The van der Waals surface area contributed by atoms with E-state index in [-0.39, 0.29) is 112 Å². The number of carbonyl (C=O) groups is 18. The standard InChI is InChI=1S/C85H134N12O22S2/c1-7-8-9-10-11-12-13-14-15-16-17-18-19-20-21-30-71(103)88-38-37-72(104)91-62(41-52(2)3)68(100)43-55(31-34-70(86)102)79(113)94-64-51-121-49-57-27-23-22-26-56(57)48-120-50-59(80(114)93-63(42-53(4)5)85(119)96-39-24-28-65(96)78(87)112)45-67(99)60(32-35-74(106)107)90-73(105)47-89-83(117)77(54(6)98)95-81(115)61(33-36-75(108)109)92-82(116)66-29-25-40-97(66)84(118)58(44-69(64)101)46-76(110)111/h22-23,26-27,52-55,58-66,77,98H,7-21,24-25,28-51H2,1-6H3,(H2,86,102)(H2,87,112)(H,88,103)(H,89,117)(H,90,105)(H,91,104)(H,92,116)(H,93,114)(H,94,113)(H,95,115)(H,106,107)(H,108,109)(H,110,111)/t54-,55-,58+,59+,60+,61+,62+,63+,64+,65+,66+,77+/m1/s1. The quantitative estimate of drug-likeness (QED) is 0.0378. The highest BCUT2D eigenvalue weighted by atomic mass is 32.2. The molecule has 0 aromatic heterocycles. The van der Waals surface area contributed by atoms with Crippen molar-refractivity contribution < 1.29 is 107 Å². The summed E-state index contributed by atoms with van der Waals surface area (Å²) in [5.74, 6) is -22.2. The number of nitrogens with two attached hydrogens (primary N) is 2. The van der Waals surface area contributed by atoms with Crippen molar-refractivity contribution in [1.82, 2.24) is 52.3 Å². The van der Waals surface area contributed by atoms with Crippen LogP contribution in [0.25, 0.3) is 0 Å². The minimum atomic E-state index is -1.94. The number of rotatable bonds is 45. The molecular weight excluding hydrogens is 1610 g/mol. The maximum Gasteiger partial charge on any atom is 0.304 e. The van der Waals surface area contributed by atoms with Gasteiger partial charge in [-0.3, -0.25) is 86.3 Å². The molecule has 3 aliphatic rings. The molecule has 36 heteroatoms. The lowest BCUT2D eigenvalue weighted by atomic mass is 9.89. The van der Waals surface area contributed by atoms with Crippen LogP contribution < -0.4 is 54.0 Å². The highest BCUT2D eigenvalue weighted by Crippen LogP contribution is 2.30. The second-order valence-electron chi connectivity index (χ2n) is 33.1. The average Bonchev–Trinajstić information content (AvgIpc) is 1.71. The molecule has 1 aromatic carbocycles. The molecule has 12 amide bonds. The van der Waals surface area contributed by atoms with Crippen LogP contribution in [0.15, 0.2) is 24.3 Å². The first-order valence-electron chi connectivity index (χ1n) is 43.2. The first kappa shape index (κ1) is 104. The molecule has 0 bridgehead atoms. The number of hydrogen-bond donors (Lipinski definition) is 14. The molecule has 0 unspecified atom stereocenters. The van der Waals surface area contributed by atoms with Crippen LogP contribution in [0.5, 0.6) is 0 Å². The summed E-state index contributed by atoms with van der Waals surface area (Å²) in [4.78, 5) is 250. The number of amides is 12. The van der Waals surface area contributed by atoms with Gasteiger partial charge in [-0.15, -0.1) is 0 Å². The Morgan fingerprint density at radius 3 is 1.73 bits per heavy atom. The molecule has 0 saturated carbocycles. The largest absolute Gasteiger partial charge is 0.481 e. The number of aliphatic hydroxyl groups excluding tert-OH is 1. The molecule has 0 aliphatic carbocycles. The number of carboxylic acid groups (broad SMARTS) is 3. The van der Waals surface area contributed by atoms with E-state index in [1.807, 2.05) is 13.8 Å². The second-order valence-corrected chi connectivity index (χ2v) is 35.1. The molecule has 121 heavy (non-hydrogen) atoms. The maximum atomic E-state index is 15.2. The Kier molecular flexibility index (Phi) is 48.8.